The summed E-state index contributed by atoms with van der Waals surface area (Å²) >= 11 is 0. The fraction of sp³-hybridized carbons (Fsp3) is 0.727. The monoisotopic (exact) mass is 210 g/mol. The second-order valence-corrected chi connectivity index (χ2v) is 4.15. The smallest absolute Gasteiger partial charge is 0.317 e. The van der Waals surface area contributed by atoms with E-state index in [1.54, 1.807) is 4.90 Å². The summed E-state index contributed by atoms with van der Waals surface area (Å²) in [6, 6.07) is -0.131. The first kappa shape index (κ1) is 11.9. The van der Waals surface area contributed by atoms with E-state index in [2.05, 4.69) is 17.2 Å². The third-order valence-electron chi connectivity index (χ3n) is 2.11. The van der Waals surface area contributed by atoms with E-state index in [1.807, 2.05) is 20.8 Å². The van der Waals surface area contributed by atoms with Crippen molar-refractivity contribution in [1.82, 2.24) is 10.2 Å². The molecule has 0 unspecified atom stereocenters. The van der Waals surface area contributed by atoms with Crippen molar-refractivity contribution in [2.45, 2.75) is 26.4 Å². The van der Waals surface area contributed by atoms with Gasteiger partial charge in [-0.25, -0.2) is 4.79 Å². The van der Waals surface area contributed by atoms with Crippen molar-refractivity contribution in [3.63, 3.8) is 0 Å². The number of β-amino-alcohol motifs (C(OH)–C–C–N with tert-alkyl or cyclic N) is 1. The highest BCUT2D eigenvalue weighted by atomic mass is 16.3. The van der Waals surface area contributed by atoms with Gasteiger partial charge in [-0.3, -0.25) is 0 Å². The lowest BCUT2D eigenvalue weighted by atomic mass is 9.94. The number of urea groups is 1. The van der Waals surface area contributed by atoms with E-state index in [9.17, 15) is 9.90 Å². The van der Waals surface area contributed by atoms with E-state index < -0.39 is 5.60 Å². The van der Waals surface area contributed by atoms with Gasteiger partial charge in [0.1, 0.15) is 0 Å². The summed E-state index contributed by atoms with van der Waals surface area (Å²) in [6.07, 6.45) is 0. The number of carbonyl (C=O) groups excluding carboxylic acids is 1. The van der Waals surface area contributed by atoms with Crippen LogP contribution in [0.4, 0.5) is 4.79 Å². The average Bonchev–Trinajstić information content (AvgIpc) is 2.10. The summed E-state index contributed by atoms with van der Waals surface area (Å²) in [5.74, 6) is 5.97. The lowest BCUT2D eigenvalue weighted by molar-refractivity contribution is -0.0293. The number of amides is 2. The van der Waals surface area contributed by atoms with Gasteiger partial charge in [-0.15, -0.1) is 0 Å². The van der Waals surface area contributed by atoms with Crippen molar-refractivity contribution in [2.75, 3.05) is 19.6 Å². The molecule has 15 heavy (non-hydrogen) atoms. The minimum Gasteiger partial charge on any atom is -0.374 e. The molecule has 1 aliphatic heterocycles. The molecule has 0 aromatic rings. The van der Waals surface area contributed by atoms with E-state index in [4.69, 9.17) is 0 Å². The Kier molecular flexibility index (Phi) is 3.59. The fourth-order valence-corrected chi connectivity index (χ4v) is 1.35. The molecule has 0 saturated carbocycles. The molecule has 0 aliphatic carbocycles. The minimum absolute atomic E-state index is 0.131. The van der Waals surface area contributed by atoms with Gasteiger partial charge < -0.3 is 15.3 Å². The maximum Gasteiger partial charge on any atom is 0.317 e. The Morgan fingerprint density at radius 3 is 2.67 bits per heavy atom. The molecule has 1 fully saturated rings. The third-order valence-corrected chi connectivity index (χ3v) is 2.11. The Morgan fingerprint density at radius 1 is 1.60 bits per heavy atom. The van der Waals surface area contributed by atoms with Crippen LogP contribution >= 0.6 is 0 Å². The summed E-state index contributed by atoms with van der Waals surface area (Å²) in [4.78, 5) is 12.9. The van der Waals surface area contributed by atoms with Crippen LogP contribution in [0.5, 0.6) is 0 Å². The molecule has 0 atom stereocenters. The first-order valence-corrected chi connectivity index (χ1v) is 5.24. The summed E-state index contributed by atoms with van der Waals surface area (Å²) in [5, 5.41) is 12.5. The standard InChI is InChI=1S/C11H18N2O2/c1-4-12-10(14)13-7-11(15,8-13)6-5-9(2)3/h9,15H,4,7-8H2,1-3H3,(H,12,14). The van der Waals surface area contributed by atoms with Gasteiger partial charge >= 0.3 is 6.03 Å². The molecule has 1 heterocycles. The minimum atomic E-state index is -0.991. The summed E-state index contributed by atoms with van der Waals surface area (Å²) < 4.78 is 0. The zero-order valence-electron chi connectivity index (χ0n) is 9.50. The van der Waals surface area contributed by atoms with Crippen LogP contribution in [0, 0.1) is 17.8 Å². The van der Waals surface area contributed by atoms with Gasteiger partial charge in [-0.05, 0) is 6.92 Å². The number of carbonyl (C=O) groups is 1. The lowest BCUT2D eigenvalue weighted by Crippen LogP contribution is -2.64. The van der Waals surface area contributed by atoms with E-state index >= 15 is 0 Å². The summed E-state index contributed by atoms with van der Waals surface area (Å²) in [6.45, 7) is 7.01. The van der Waals surface area contributed by atoms with Crippen LogP contribution in [0.25, 0.3) is 0 Å². The maximum absolute atomic E-state index is 11.3. The molecule has 1 rings (SSSR count). The zero-order chi connectivity index (χ0) is 11.5. The molecule has 0 aromatic heterocycles. The van der Waals surface area contributed by atoms with Crippen molar-refractivity contribution in [3.8, 4) is 11.8 Å². The molecule has 2 amide bonds. The van der Waals surface area contributed by atoms with E-state index in [-0.39, 0.29) is 11.9 Å². The molecular formula is C11H18N2O2. The molecule has 2 N–H and O–H groups in total. The predicted molar refractivity (Wildman–Crippen MR) is 58.2 cm³/mol. The quantitative estimate of drug-likeness (QED) is 0.616. The van der Waals surface area contributed by atoms with Gasteiger partial charge in [0.15, 0.2) is 5.60 Å². The van der Waals surface area contributed by atoms with Crippen molar-refractivity contribution in [1.29, 1.82) is 0 Å². The van der Waals surface area contributed by atoms with Crippen LogP contribution in [0.2, 0.25) is 0 Å². The van der Waals surface area contributed by atoms with Gasteiger partial charge in [0, 0.05) is 12.5 Å². The van der Waals surface area contributed by atoms with E-state index in [0.717, 1.165) is 0 Å². The number of rotatable bonds is 1. The Labute approximate surface area is 90.6 Å². The van der Waals surface area contributed by atoms with Crippen LogP contribution in [0.1, 0.15) is 20.8 Å². The van der Waals surface area contributed by atoms with Crippen LogP contribution in [0.3, 0.4) is 0 Å². The van der Waals surface area contributed by atoms with Crippen molar-refractivity contribution < 1.29 is 9.90 Å². The zero-order valence-corrected chi connectivity index (χ0v) is 9.50. The highest BCUT2D eigenvalue weighted by Gasteiger charge is 2.42. The van der Waals surface area contributed by atoms with Crippen LogP contribution in [-0.2, 0) is 0 Å². The van der Waals surface area contributed by atoms with Gasteiger partial charge in [0.2, 0.25) is 0 Å². The first-order valence-electron chi connectivity index (χ1n) is 5.24. The number of hydrogen-bond acceptors (Lipinski definition) is 2. The molecule has 4 nitrogen and oxygen atoms in total. The lowest BCUT2D eigenvalue weighted by Gasteiger charge is -2.42. The van der Waals surface area contributed by atoms with Gasteiger partial charge in [-0.2, -0.15) is 0 Å². The first-order chi connectivity index (χ1) is 6.97. The predicted octanol–water partition coefficient (Wildman–Crippen LogP) is 0.422. The Balaban J connectivity index is 2.42. The maximum atomic E-state index is 11.3. The molecule has 1 aliphatic rings. The topological polar surface area (TPSA) is 52.6 Å². The number of aliphatic hydroxyl groups is 1. The molecule has 1 saturated heterocycles. The van der Waals surface area contributed by atoms with E-state index in [0.29, 0.717) is 19.6 Å². The van der Waals surface area contributed by atoms with Crippen molar-refractivity contribution in [2.24, 2.45) is 5.92 Å². The third kappa shape index (κ3) is 3.14. The average molecular weight is 210 g/mol. The highest BCUT2D eigenvalue weighted by molar-refractivity contribution is 5.75. The molecule has 0 radical (unpaired) electrons. The van der Waals surface area contributed by atoms with E-state index in [1.165, 1.54) is 0 Å². The van der Waals surface area contributed by atoms with Gasteiger partial charge in [-0.1, -0.05) is 25.7 Å². The molecule has 4 heteroatoms. The van der Waals surface area contributed by atoms with Crippen molar-refractivity contribution >= 4 is 6.03 Å². The van der Waals surface area contributed by atoms with Crippen molar-refractivity contribution in [3.05, 3.63) is 0 Å². The summed E-state index contributed by atoms with van der Waals surface area (Å²) in [7, 11) is 0. The largest absolute Gasteiger partial charge is 0.374 e. The normalized spacial score (nSPS) is 17.8. The Hall–Kier alpha value is -1.21. The Bertz CT molecular complexity index is 295. The molecule has 84 valence electrons. The molecular weight excluding hydrogens is 192 g/mol. The second-order valence-electron chi connectivity index (χ2n) is 4.15. The molecule has 0 aromatic carbocycles. The molecule has 0 spiro atoms. The number of hydrogen-bond donors (Lipinski definition) is 2. The number of likely N-dealkylation sites (tertiary alicyclic amines) is 1. The van der Waals surface area contributed by atoms with Crippen LogP contribution < -0.4 is 5.32 Å². The van der Waals surface area contributed by atoms with Gasteiger partial charge in [0.05, 0.1) is 13.1 Å². The number of nitrogens with one attached hydrogen (secondary N) is 1. The fourth-order valence-electron chi connectivity index (χ4n) is 1.35. The molecule has 0 bridgehead atoms. The van der Waals surface area contributed by atoms with Gasteiger partial charge in [0.25, 0.3) is 0 Å². The van der Waals surface area contributed by atoms with Crippen LogP contribution in [0.15, 0.2) is 0 Å². The Morgan fingerprint density at radius 2 is 2.20 bits per heavy atom. The second kappa shape index (κ2) is 4.54. The SMILES string of the molecule is CCNC(=O)N1CC(O)(C#CC(C)C)C1. The van der Waals surface area contributed by atoms with Crippen LogP contribution in [-0.4, -0.2) is 41.3 Å². The number of nitrogens with zero attached hydrogens (tertiary/aromatic N) is 1. The summed E-state index contributed by atoms with van der Waals surface area (Å²) in [5.41, 5.74) is -0.991. The highest BCUT2D eigenvalue weighted by Crippen LogP contribution is 2.19.